The predicted octanol–water partition coefficient (Wildman–Crippen LogP) is 9.49. The van der Waals surface area contributed by atoms with Crippen LogP contribution in [0.5, 0.6) is 5.75 Å². The Bertz CT molecular complexity index is 1540. The van der Waals surface area contributed by atoms with Gasteiger partial charge in [-0.3, -0.25) is 0 Å². The number of carbonyl (C=O) groups excluding carboxylic acids is 1. The lowest BCUT2D eigenvalue weighted by Crippen LogP contribution is -2.41. The van der Waals surface area contributed by atoms with Gasteiger partial charge >= 0.3 is 0 Å². The molecule has 4 nitrogen and oxygen atoms in total. The molecule has 1 heterocycles. The minimum absolute atomic E-state index is 0.233. The van der Waals surface area contributed by atoms with Crippen LogP contribution in [0.25, 0.3) is 21.9 Å². The van der Waals surface area contributed by atoms with Gasteiger partial charge in [-0.15, -0.1) is 0 Å². The number of nitrogens with zero attached hydrogens (tertiary/aromatic N) is 1. The van der Waals surface area contributed by atoms with E-state index in [2.05, 4.69) is 4.72 Å². The lowest BCUT2D eigenvalue weighted by Gasteiger charge is -2.24. The monoisotopic (exact) mass is 654 g/mol. The summed E-state index contributed by atoms with van der Waals surface area (Å²) in [5.74, 6) is -2.54. The maximum atomic E-state index is 15.2. The number of halogens is 4. The second kappa shape index (κ2) is 15.5. The number of aldehydes is 1. The van der Waals surface area contributed by atoms with Crippen molar-refractivity contribution in [1.82, 2.24) is 9.62 Å². The summed E-state index contributed by atoms with van der Waals surface area (Å²) in [6.07, 6.45) is 6.38. The Labute approximate surface area is 272 Å². The van der Waals surface area contributed by atoms with Gasteiger partial charge in [0.05, 0.1) is 6.10 Å². The molecule has 2 fully saturated rings. The molecular weight excluding hydrogens is 617 g/mol. The van der Waals surface area contributed by atoms with Gasteiger partial charge in [-0.05, 0) is 122 Å². The van der Waals surface area contributed by atoms with Gasteiger partial charge < -0.3 is 14.4 Å². The van der Waals surface area contributed by atoms with Crippen molar-refractivity contribution in [2.75, 3.05) is 20.1 Å². The number of rotatable bonds is 9. The topological polar surface area (TPSA) is 41.6 Å². The molecule has 1 saturated heterocycles. The average Bonchev–Trinajstić information content (AvgIpc) is 3.55. The summed E-state index contributed by atoms with van der Waals surface area (Å²) >= 11 is 6.94. The maximum absolute atomic E-state index is 15.2. The Hall–Kier alpha value is -3.04. The molecule has 4 aromatic carbocycles. The molecule has 1 saturated carbocycles. The number of ether oxygens (including phenoxy) is 1. The van der Waals surface area contributed by atoms with Crippen LogP contribution in [0, 0.1) is 0 Å². The zero-order chi connectivity index (χ0) is 31.8. The summed E-state index contributed by atoms with van der Waals surface area (Å²) in [6.45, 7) is 1.71. The normalized spacial score (nSPS) is 18.3. The number of benzene rings is 4. The van der Waals surface area contributed by atoms with Gasteiger partial charge in [0.2, 0.25) is 0 Å². The van der Waals surface area contributed by atoms with E-state index in [1.54, 1.807) is 24.3 Å². The van der Waals surface area contributed by atoms with Crippen LogP contribution in [0.3, 0.4) is 0 Å². The molecule has 1 aliphatic carbocycles. The van der Waals surface area contributed by atoms with E-state index in [-0.39, 0.29) is 18.0 Å². The van der Waals surface area contributed by atoms with Crippen LogP contribution in [0.1, 0.15) is 44.1 Å². The molecule has 0 aromatic heterocycles. The molecule has 2 aliphatic rings. The smallest absolute Gasteiger partial charge is 0.295 e. The fraction of sp³-hybridized carbons (Fsp3) is 0.361. The lowest BCUT2D eigenvalue weighted by molar-refractivity contribution is -0.119. The molecular formula is C36H38ClF3N2O2S. The zero-order valence-electron chi connectivity index (χ0n) is 25.2. The second-order valence-electron chi connectivity index (χ2n) is 11.7. The molecule has 45 heavy (non-hydrogen) atoms. The van der Waals surface area contributed by atoms with Crippen molar-refractivity contribution >= 4 is 40.6 Å². The van der Waals surface area contributed by atoms with E-state index in [9.17, 15) is 9.18 Å². The summed E-state index contributed by atoms with van der Waals surface area (Å²) in [5, 5.41) is 2.59. The van der Waals surface area contributed by atoms with E-state index >= 15 is 8.78 Å². The first-order valence-electron chi connectivity index (χ1n) is 15.4. The molecule has 0 bridgehead atoms. The van der Waals surface area contributed by atoms with Crippen molar-refractivity contribution < 1.29 is 22.7 Å². The zero-order valence-corrected chi connectivity index (χ0v) is 26.8. The fourth-order valence-corrected chi connectivity index (χ4v) is 6.58. The van der Waals surface area contributed by atoms with E-state index in [1.807, 2.05) is 60.5 Å². The van der Waals surface area contributed by atoms with E-state index in [1.165, 1.54) is 25.0 Å². The molecule has 1 aliphatic heterocycles. The number of likely N-dealkylation sites (tertiary alicyclic amines) is 1. The summed E-state index contributed by atoms with van der Waals surface area (Å²) in [7, 11) is 1.96. The van der Waals surface area contributed by atoms with Crippen molar-refractivity contribution in [3.05, 3.63) is 95.5 Å². The van der Waals surface area contributed by atoms with Gasteiger partial charge in [0.15, 0.2) is 0 Å². The largest absolute Gasteiger partial charge is 0.490 e. The van der Waals surface area contributed by atoms with Crippen molar-refractivity contribution in [1.29, 1.82) is 0 Å². The predicted molar refractivity (Wildman–Crippen MR) is 178 cm³/mol. The van der Waals surface area contributed by atoms with E-state index in [0.717, 1.165) is 76.7 Å². The van der Waals surface area contributed by atoms with E-state index < -0.39 is 18.1 Å². The van der Waals surface area contributed by atoms with Gasteiger partial charge in [0.25, 0.3) is 5.92 Å². The molecule has 0 radical (unpaired) electrons. The first-order chi connectivity index (χ1) is 21.7. The lowest BCUT2D eigenvalue weighted by atomic mass is 9.98. The van der Waals surface area contributed by atoms with Crippen molar-refractivity contribution in [2.45, 2.75) is 67.7 Å². The number of piperidine rings is 1. The van der Waals surface area contributed by atoms with Crippen LogP contribution < -0.4 is 9.46 Å². The van der Waals surface area contributed by atoms with Crippen LogP contribution in [0.2, 0.25) is 5.02 Å². The molecule has 238 valence electrons. The number of carbonyl (C=O) groups is 1. The molecule has 4 aromatic rings. The fourth-order valence-electron chi connectivity index (χ4n) is 5.67. The molecule has 9 heteroatoms. The SMILES string of the molecule is CN1CCCC(F)C1.O=CC(NSc1ccc2cc(OC3CCCC3)ccc2c1)C(F)(F)c1ccc(-c2ccc(Cl)cc2)cc1. The number of alkyl halides is 3. The molecule has 1 N–H and O–H groups in total. The van der Waals surface area contributed by atoms with Crippen molar-refractivity contribution in [3.63, 3.8) is 0 Å². The summed E-state index contributed by atoms with van der Waals surface area (Å²) in [5.41, 5.74) is 1.42. The standard InChI is InChI=1S/C30H26ClF2NO2S.C6H12FN/c31-25-13-7-21(8-14-25)20-5-11-24(12-6-20)30(32,33)29(19-35)34-37-28-16-10-22-17-27(15-9-23(22)18-28)36-26-3-1-2-4-26;1-8-4-2-3-6(7)5-8/h5-19,26,29,34H,1-4H2;6H,2-5H2,1H3. The van der Waals surface area contributed by atoms with Gasteiger partial charge in [-0.1, -0.05) is 60.1 Å². The minimum atomic E-state index is -3.39. The van der Waals surface area contributed by atoms with Gasteiger partial charge in [-0.2, -0.15) is 8.78 Å². The van der Waals surface area contributed by atoms with Gasteiger partial charge in [0.1, 0.15) is 24.2 Å². The highest BCUT2D eigenvalue weighted by Gasteiger charge is 2.41. The molecule has 2 unspecified atom stereocenters. The maximum Gasteiger partial charge on any atom is 0.295 e. The third-order valence-corrected chi connectivity index (χ3v) is 9.35. The Morgan fingerprint density at radius 2 is 1.56 bits per heavy atom. The van der Waals surface area contributed by atoms with Crippen LogP contribution in [0.15, 0.2) is 89.8 Å². The number of hydrogen-bond acceptors (Lipinski definition) is 5. The molecule has 0 amide bonds. The Morgan fingerprint density at radius 3 is 2.18 bits per heavy atom. The van der Waals surface area contributed by atoms with Crippen LogP contribution in [-0.4, -0.2) is 49.6 Å². The highest BCUT2D eigenvalue weighted by molar-refractivity contribution is 7.97. The van der Waals surface area contributed by atoms with Crippen molar-refractivity contribution in [3.8, 4) is 16.9 Å². The quantitative estimate of drug-likeness (QED) is 0.144. The highest BCUT2D eigenvalue weighted by atomic mass is 35.5. The molecule has 2 atom stereocenters. The highest BCUT2D eigenvalue weighted by Crippen LogP contribution is 2.35. The first-order valence-corrected chi connectivity index (χ1v) is 16.6. The van der Waals surface area contributed by atoms with Gasteiger partial charge in [0, 0.05) is 22.0 Å². The van der Waals surface area contributed by atoms with Crippen LogP contribution >= 0.6 is 23.5 Å². The Kier molecular flexibility index (Phi) is 11.5. The summed E-state index contributed by atoms with van der Waals surface area (Å²) < 4.78 is 51.6. The average molecular weight is 655 g/mol. The Morgan fingerprint density at radius 1 is 0.911 bits per heavy atom. The van der Waals surface area contributed by atoms with Crippen LogP contribution in [0.4, 0.5) is 13.2 Å². The number of hydrogen-bond donors (Lipinski definition) is 1. The van der Waals surface area contributed by atoms with E-state index in [4.69, 9.17) is 16.3 Å². The molecule has 0 spiro atoms. The van der Waals surface area contributed by atoms with Crippen molar-refractivity contribution in [2.24, 2.45) is 0 Å². The number of fused-ring (bicyclic) bond motifs is 1. The Balaban J connectivity index is 0.000000436. The third kappa shape index (κ3) is 9.03. The third-order valence-electron chi connectivity index (χ3n) is 8.23. The number of nitrogens with one attached hydrogen (secondary N) is 1. The second-order valence-corrected chi connectivity index (χ2v) is 13.1. The minimum Gasteiger partial charge on any atom is -0.490 e. The summed E-state index contributed by atoms with van der Waals surface area (Å²) in [6, 6.07) is 23.0. The van der Waals surface area contributed by atoms with E-state index in [0.29, 0.717) is 11.6 Å². The summed E-state index contributed by atoms with van der Waals surface area (Å²) in [4.78, 5) is 14.4. The first kappa shape index (κ1) is 33.3. The molecule has 6 rings (SSSR count). The van der Waals surface area contributed by atoms with Crippen LogP contribution in [-0.2, 0) is 10.7 Å². The van der Waals surface area contributed by atoms with Gasteiger partial charge in [-0.25, -0.2) is 9.11 Å².